The van der Waals surface area contributed by atoms with Gasteiger partial charge in [0.25, 0.3) is 0 Å². The highest BCUT2D eigenvalue weighted by Crippen LogP contribution is 2.68. The molecule has 4 fully saturated rings. The SMILES string of the molecule is CCC(C)OC(=O)COC(=O)CCC(C)C1CCC2C3C(O)CC4CC(O)CCC4(C)C3CC(O)C12C. The van der Waals surface area contributed by atoms with Gasteiger partial charge in [0.15, 0.2) is 6.61 Å². The quantitative estimate of drug-likeness (QED) is 0.409. The second-order valence-corrected chi connectivity index (χ2v) is 13.4. The Morgan fingerprint density at radius 2 is 1.70 bits per heavy atom. The van der Waals surface area contributed by atoms with E-state index in [2.05, 4.69) is 20.8 Å². The molecule has 12 unspecified atom stereocenters. The average molecular weight is 523 g/mol. The van der Waals surface area contributed by atoms with Crippen molar-refractivity contribution in [2.75, 3.05) is 6.61 Å². The Kier molecular flexibility index (Phi) is 8.67. The third kappa shape index (κ3) is 5.34. The van der Waals surface area contributed by atoms with Crippen LogP contribution in [-0.4, -0.2) is 58.3 Å². The number of aliphatic hydroxyl groups is 3. The van der Waals surface area contributed by atoms with Crippen molar-refractivity contribution in [2.45, 2.75) is 123 Å². The molecule has 4 saturated carbocycles. The van der Waals surface area contributed by atoms with E-state index in [1.165, 1.54) is 0 Å². The number of carbonyl (C=O) groups is 2. The lowest BCUT2D eigenvalue weighted by Gasteiger charge is -2.63. The van der Waals surface area contributed by atoms with Crippen molar-refractivity contribution in [3.05, 3.63) is 0 Å². The van der Waals surface area contributed by atoms with Crippen LogP contribution in [0, 0.1) is 46.3 Å². The van der Waals surface area contributed by atoms with Crippen molar-refractivity contribution in [3.63, 3.8) is 0 Å². The van der Waals surface area contributed by atoms with Crippen LogP contribution < -0.4 is 0 Å². The monoisotopic (exact) mass is 522 g/mol. The van der Waals surface area contributed by atoms with Crippen molar-refractivity contribution in [1.82, 2.24) is 0 Å². The van der Waals surface area contributed by atoms with E-state index in [0.29, 0.717) is 25.2 Å². The molecule has 0 aromatic carbocycles. The minimum Gasteiger partial charge on any atom is -0.460 e. The maximum absolute atomic E-state index is 12.3. The average Bonchev–Trinajstić information content (AvgIpc) is 3.21. The molecule has 4 aliphatic carbocycles. The first kappa shape index (κ1) is 28.8. The van der Waals surface area contributed by atoms with Crippen molar-refractivity contribution >= 4 is 11.9 Å². The fraction of sp³-hybridized carbons (Fsp3) is 0.933. The Labute approximate surface area is 222 Å². The highest BCUT2D eigenvalue weighted by molar-refractivity contribution is 5.76. The zero-order valence-corrected chi connectivity index (χ0v) is 23.5. The van der Waals surface area contributed by atoms with Gasteiger partial charge in [-0.25, -0.2) is 4.79 Å². The fourth-order valence-corrected chi connectivity index (χ4v) is 9.23. The predicted molar refractivity (Wildman–Crippen MR) is 139 cm³/mol. The molecule has 7 heteroatoms. The number of hydrogen-bond acceptors (Lipinski definition) is 7. The van der Waals surface area contributed by atoms with Crippen molar-refractivity contribution in [1.29, 1.82) is 0 Å². The number of fused-ring (bicyclic) bond motifs is 5. The molecule has 0 aromatic heterocycles. The van der Waals surface area contributed by atoms with Crippen molar-refractivity contribution in [2.24, 2.45) is 46.3 Å². The van der Waals surface area contributed by atoms with E-state index in [4.69, 9.17) is 9.47 Å². The molecule has 0 heterocycles. The van der Waals surface area contributed by atoms with Gasteiger partial charge in [-0.2, -0.15) is 0 Å². The van der Waals surface area contributed by atoms with Crippen LogP contribution in [0.25, 0.3) is 0 Å². The lowest BCUT2D eigenvalue weighted by molar-refractivity contribution is -0.207. The molecular formula is C30H50O7. The number of hydrogen-bond donors (Lipinski definition) is 3. The smallest absolute Gasteiger partial charge is 0.344 e. The minimum atomic E-state index is -0.517. The molecule has 37 heavy (non-hydrogen) atoms. The maximum Gasteiger partial charge on any atom is 0.344 e. The molecule has 212 valence electrons. The first-order chi connectivity index (χ1) is 17.4. The van der Waals surface area contributed by atoms with E-state index in [9.17, 15) is 24.9 Å². The molecule has 0 bridgehead atoms. The summed E-state index contributed by atoms with van der Waals surface area (Å²) in [5.74, 6) is 0.611. The van der Waals surface area contributed by atoms with E-state index in [0.717, 1.165) is 38.5 Å². The van der Waals surface area contributed by atoms with Crippen LogP contribution in [0.15, 0.2) is 0 Å². The summed E-state index contributed by atoms with van der Waals surface area (Å²) in [4.78, 5) is 24.2. The van der Waals surface area contributed by atoms with Crippen molar-refractivity contribution in [3.8, 4) is 0 Å². The molecule has 0 amide bonds. The Balaban J connectivity index is 1.38. The molecule has 0 radical (unpaired) electrons. The zero-order chi connectivity index (χ0) is 27.1. The van der Waals surface area contributed by atoms with Crippen LogP contribution in [0.3, 0.4) is 0 Å². The first-order valence-electron chi connectivity index (χ1n) is 14.8. The summed E-state index contributed by atoms with van der Waals surface area (Å²) in [6.45, 7) is 10.1. The minimum absolute atomic E-state index is 0.0645. The van der Waals surface area contributed by atoms with Gasteiger partial charge in [-0.1, -0.05) is 27.7 Å². The summed E-state index contributed by atoms with van der Waals surface area (Å²) in [5, 5.41) is 33.4. The molecule has 7 nitrogen and oxygen atoms in total. The topological polar surface area (TPSA) is 113 Å². The highest BCUT2D eigenvalue weighted by Gasteiger charge is 2.65. The molecule has 12 atom stereocenters. The zero-order valence-electron chi connectivity index (χ0n) is 23.5. The van der Waals surface area contributed by atoms with Gasteiger partial charge < -0.3 is 24.8 Å². The summed E-state index contributed by atoms with van der Waals surface area (Å²) in [5.41, 5.74) is -0.224. The van der Waals surface area contributed by atoms with Gasteiger partial charge >= 0.3 is 11.9 Å². The second kappa shape index (κ2) is 11.1. The number of rotatable bonds is 8. The number of esters is 2. The van der Waals surface area contributed by atoms with Gasteiger partial charge in [0, 0.05) is 6.42 Å². The second-order valence-electron chi connectivity index (χ2n) is 13.4. The van der Waals surface area contributed by atoms with E-state index in [1.54, 1.807) is 0 Å². The fourth-order valence-electron chi connectivity index (χ4n) is 9.23. The van der Waals surface area contributed by atoms with E-state index in [-0.39, 0.29) is 71.8 Å². The molecule has 0 saturated heterocycles. The van der Waals surface area contributed by atoms with Gasteiger partial charge in [0.2, 0.25) is 0 Å². The third-order valence-corrected chi connectivity index (χ3v) is 11.6. The van der Waals surface area contributed by atoms with Crippen LogP contribution in [0.2, 0.25) is 0 Å². The summed E-state index contributed by atoms with van der Waals surface area (Å²) in [6.07, 6.45) is 6.31. The lowest BCUT2D eigenvalue weighted by atomic mass is 9.43. The highest BCUT2D eigenvalue weighted by atomic mass is 16.6. The molecule has 0 spiro atoms. The van der Waals surface area contributed by atoms with E-state index < -0.39 is 18.0 Å². The molecule has 0 aliphatic heterocycles. The van der Waals surface area contributed by atoms with Crippen LogP contribution in [-0.2, 0) is 19.1 Å². The van der Waals surface area contributed by atoms with E-state index >= 15 is 0 Å². The molecule has 0 aromatic rings. The van der Waals surface area contributed by atoms with Crippen LogP contribution in [0.1, 0.15) is 98.8 Å². The normalized spacial score (nSPS) is 44.6. The summed E-state index contributed by atoms with van der Waals surface area (Å²) in [7, 11) is 0. The number of carbonyl (C=O) groups excluding carboxylic acids is 2. The Morgan fingerprint density at radius 1 is 0.973 bits per heavy atom. The standard InChI is InChI=1S/C30H50O7/c1-6-18(3)37-27(35)16-36-26(34)10-7-17(2)21-8-9-22-28-23(15-25(33)30(21,22)5)29(4)12-11-20(31)13-19(29)14-24(28)32/h17-25,28,31-33H,6-16H2,1-5H3. The summed E-state index contributed by atoms with van der Waals surface area (Å²) in [6, 6.07) is 0. The first-order valence-corrected chi connectivity index (χ1v) is 14.8. The number of ether oxygens (including phenoxy) is 2. The van der Waals surface area contributed by atoms with Gasteiger partial charge in [0.05, 0.1) is 24.4 Å². The Morgan fingerprint density at radius 3 is 2.41 bits per heavy atom. The van der Waals surface area contributed by atoms with Gasteiger partial charge in [-0.05, 0) is 111 Å². The van der Waals surface area contributed by atoms with E-state index in [1.807, 2.05) is 13.8 Å². The van der Waals surface area contributed by atoms with Crippen LogP contribution in [0.5, 0.6) is 0 Å². The largest absolute Gasteiger partial charge is 0.460 e. The van der Waals surface area contributed by atoms with Gasteiger partial charge in [-0.3, -0.25) is 4.79 Å². The summed E-state index contributed by atoms with van der Waals surface area (Å²) < 4.78 is 10.3. The Bertz CT molecular complexity index is 831. The maximum atomic E-state index is 12.3. The summed E-state index contributed by atoms with van der Waals surface area (Å²) >= 11 is 0. The molecular weight excluding hydrogens is 472 g/mol. The Hall–Kier alpha value is -1.18. The van der Waals surface area contributed by atoms with Crippen LogP contribution >= 0.6 is 0 Å². The van der Waals surface area contributed by atoms with Gasteiger partial charge in [-0.15, -0.1) is 0 Å². The lowest BCUT2D eigenvalue weighted by Crippen LogP contribution is -2.62. The van der Waals surface area contributed by atoms with Gasteiger partial charge in [0.1, 0.15) is 0 Å². The molecule has 4 aliphatic rings. The van der Waals surface area contributed by atoms with Crippen LogP contribution in [0.4, 0.5) is 0 Å². The third-order valence-electron chi connectivity index (χ3n) is 11.6. The molecule has 4 rings (SSSR count). The molecule has 3 N–H and O–H groups in total. The number of aliphatic hydroxyl groups excluding tert-OH is 3. The predicted octanol–water partition coefficient (Wildman–Crippen LogP) is 4.25. The van der Waals surface area contributed by atoms with Crippen molar-refractivity contribution < 1.29 is 34.4 Å².